The Morgan fingerprint density at radius 1 is 1.58 bits per heavy atom. The highest BCUT2D eigenvalue weighted by Gasteiger charge is 2.29. The predicted octanol–water partition coefficient (Wildman–Crippen LogP) is 0.413. The second-order valence-electron chi connectivity index (χ2n) is 4.03. The first-order chi connectivity index (χ1) is 8.98. The van der Waals surface area contributed by atoms with Crippen molar-refractivity contribution in [3.05, 3.63) is 18.5 Å². The van der Waals surface area contributed by atoms with Crippen LogP contribution < -0.4 is 11.3 Å². The summed E-state index contributed by atoms with van der Waals surface area (Å²) in [6.07, 6.45) is 2.76. The Morgan fingerprint density at radius 2 is 2.26 bits per heavy atom. The molecule has 0 fully saturated rings. The van der Waals surface area contributed by atoms with Gasteiger partial charge < -0.3 is 10.2 Å². The van der Waals surface area contributed by atoms with Crippen molar-refractivity contribution in [1.29, 1.82) is 0 Å². The Morgan fingerprint density at radius 3 is 2.79 bits per heavy atom. The number of hydrazine groups is 1. The van der Waals surface area contributed by atoms with Crippen molar-refractivity contribution in [2.75, 3.05) is 25.7 Å². The molecule has 0 spiro atoms. The molecule has 1 aromatic rings. The number of pyridine rings is 1. The lowest BCUT2D eigenvalue weighted by Gasteiger charge is -2.27. The molecule has 7 nitrogen and oxygen atoms in total. The maximum Gasteiger partial charge on any atom is 0.247 e. The molecular weight excluding hydrogens is 268 g/mol. The van der Waals surface area contributed by atoms with Gasteiger partial charge in [-0.05, 0) is 13.0 Å². The number of aromatic nitrogens is 1. The smallest absolute Gasteiger partial charge is 0.247 e. The standard InChI is InChI=1S/C11H20N4O3S/c1-4-15(9(2)8-18-3)19(16,17)11-7-13-6-5-10(11)14-12/h5-7,9H,4,8,12H2,1-3H3,(H,13,14). The number of methoxy groups -OCH3 is 1. The van der Waals surface area contributed by atoms with E-state index < -0.39 is 10.0 Å². The maximum atomic E-state index is 12.6. The van der Waals surface area contributed by atoms with Gasteiger partial charge in [-0.3, -0.25) is 10.8 Å². The average molecular weight is 288 g/mol. The highest BCUT2D eigenvalue weighted by molar-refractivity contribution is 7.89. The maximum absolute atomic E-state index is 12.6. The number of ether oxygens (including phenoxy) is 1. The molecule has 0 radical (unpaired) electrons. The zero-order chi connectivity index (χ0) is 14.5. The highest BCUT2D eigenvalue weighted by atomic mass is 32.2. The van der Waals surface area contributed by atoms with Crippen LogP contribution in [0.5, 0.6) is 0 Å². The first-order valence-corrected chi connectivity index (χ1v) is 7.34. The zero-order valence-electron chi connectivity index (χ0n) is 11.3. The molecule has 0 aliphatic carbocycles. The summed E-state index contributed by atoms with van der Waals surface area (Å²) in [5, 5.41) is 0. The molecular formula is C11H20N4O3S. The van der Waals surface area contributed by atoms with E-state index in [1.807, 2.05) is 0 Å². The van der Waals surface area contributed by atoms with Gasteiger partial charge in [0.15, 0.2) is 0 Å². The van der Waals surface area contributed by atoms with E-state index >= 15 is 0 Å². The molecule has 108 valence electrons. The number of hydrogen-bond acceptors (Lipinski definition) is 6. The van der Waals surface area contributed by atoms with Gasteiger partial charge in [-0.1, -0.05) is 6.92 Å². The van der Waals surface area contributed by atoms with Gasteiger partial charge >= 0.3 is 0 Å². The third-order valence-corrected chi connectivity index (χ3v) is 4.85. The summed E-state index contributed by atoms with van der Waals surface area (Å²) in [4.78, 5) is 3.91. The number of nitrogens with two attached hydrogens (primary N) is 1. The van der Waals surface area contributed by atoms with Crippen LogP contribution >= 0.6 is 0 Å². The van der Waals surface area contributed by atoms with Crippen LogP contribution in [-0.2, 0) is 14.8 Å². The van der Waals surface area contributed by atoms with Gasteiger partial charge in [-0.15, -0.1) is 0 Å². The lowest BCUT2D eigenvalue weighted by atomic mass is 10.4. The molecule has 1 unspecified atom stereocenters. The van der Waals surface area contributed by atoms with E-state index in [0.717, 1.165) is 0 Å². The van der Waals surface area contributed by atoms with Crippen LogP contribution in [0.1, 0.15) is 13.8 Å². The minimum Gasteiger partial charge on any atom is -0.383 e. The number of rotatable bonds is 7. The second-order valence-corrected chi connectivity index (χ2v) is 5.89. The topological polar surface area (TPSA) is 97.5 Å². The fourth-order valence-corrected chi connectivity index (χ4v) is 3.60. The Hall–Kier alpha value is -1.22. The first kappa shape index (κ1) is 15.8. The molecule has 0 aliphatic rings. The van der Waals surface area contributed by atoms with E-state index in [0.29, 0.717) is 18.8 Å². The fraction of sp³-hybridized carbons (Fsp3) is 0.545. The highest BCUT2D eigenvalue weighted by Crippen LogP contribution is 2.24. The zero-order valence-corrected chi connectivity index (χ0v) is 12.1. The Kier molecular flexibility index (Phi) is 5.67. The van der Waals surface area contributed by atoms with Crippen LogP contribution in [0.3, 0.4) is 0 Å². The van der Waals surface area contributed by atoms with Crippen LogP contribution in [0.2, 0.25) is 0 Å². The van der Waals surface area contributed by atoms with Gasteiger partial charge in [0, 0.05) is 32.1 Å². The van der Waals surface area contributed by atoms with Crippen molar-refractivity contribution >= 4 is 15.7 Å². The summed E-state index contributed by atoms with van der Waals surface area (Å²) in [6.45, 7) is 4.22. The van der Waals surface area contributed by atoms with Crippen molar-refractivity contribution in [3.63, 3.8) is 0 Å². The second kappa shape index (κ2) is 6.80. The summed E-state index contributed by atoms with van der Waals surface area (Å²) in [6, 6.07) is 1.24. The molecule has 8 heteroatoms. The molecule has 1 atom stereocenters. The lowest BCUT2D eigenvalue weighted by molar-refractivity contribution is 0.142. The Bertz CT molecular complexity index is 506. The van der Waals surface area contributed by atoms with Crippen LogP contribution in [0.15, 0.2) is 23.4 Å². The molecule has 0 saturated carbocycles. The van der Waals surface area contributed by atoms with Crippen LogP contribution in [0.4, 0.5) is 5.69 Å². The van der Waals surface area contributed by atoms with Crippen LogP contribution in [0.25, 0.3) is 0 Å². The molecule has 1 aromatic heterocycles. The molecule has 3 N–H and O–H groups in total. The van der Waals surface area contributed by atoms with E-state index in [4.69, 9.17) is 10.6 Å². The van der Waals surface area contributed by atoms with Crippen molar-refractivity contribution in [2.45, 2.75) is 24.8 Å². The van der Waals surface area contributed by atoms with Gasteiger partial charge in [0.1, 0.15) is 4.90 Å². The molecule has 19 heavy (non-hydrogen) atoms. The van der Waals surface area contributed by atoms with E-state index in [2.05, 4.69) is 10.4 Å². The van der Waals surface area contributed by atoms with E-state index in [1.54, 1.807) is 13.8 Å². The quantitative estimate of drug-likeness (QED) is 0.557. The average Bonchev–Trinajstić information content (AvgIpc) is 2.39. The number of nitrogen functional groups attached to an aromatic ring is 1. The monoisotopic (exact) mass is 288 g/mol. The Balaban J connectivity index is 3.20. The third kappa shape index (κ3) is 3.41. The number of nitrogens with zero attached hydrogens (tertiary/aromatic N) is 2. The van der Waals surface area contributed by atoms with Gasteiger partial charge in [0.2, 0.25) is 10.0 Å². The van der Waals surface area contributed by atoms with Gasteiger partial charge in [-0.2, -0.15) is 4.31 Å². The lowest BCUT2D eigenvalue weighted by Crippen LogP contribution is -2.41. The number of sulfonamides is 1. The number of hydrogen-bond donors (Lipinski definition) is 2. The van der Waals surface area contributed by atoms with Crippen LogP contribution in [-0.4, -0.2) is 44.0 Å². The molecule has 0 aliphatic heterocycles. The summed E-state index contributed by atoms with van der Waals surface area (Å²) >= 11 is 0. The molecule has 1 heterocycles. The van der Waals surface area contributed by atoms with Crippen LogP contribution in [0, 0.1) is 0 Å². The molecule has 1 rings (SSSR count). The Labute approximate surface area is 113 Å². The molecule has 0 aromatic carbocycles. The molecule has 0 bridgehead atoms. The van der Waals surface area contributed by atoms with Crippen molar-refractivity contribution in [1.82, 2.24) is 9.29 Å². The number of anilines is 1. The summed E-state index contributed by atoms with van der Waals surface area (Å²) in [7, 11) is -2.13. The van der Waals surface area contributed by atoms with Gasteiger partial charge in [-0.25, -0.2) is 8.42 Å². The largest absolute Gasteiger partial charge is 0.383 e. The third-order valence-electron chi connectivity index (χ3n) is 2.74. The van der Waals surface area contributed by atoms with Crippen molar-refractivity contribution in [2.24, 2.45) is 5.84 Å². The summed E-state index contributed by atoms with van der Waals surface area (Å²) in [5.74, 6) is 5.34. The first-order valence-electron chi connectivity index (χ1n) is 5.90. The van der Waals surface area contributed by atoms with Gasteiger partial charge in [0.05, 0.1) is 12.3 Å². The molecule has 0 amide bonds. The number of nitrogens with one attached hydrogen (secondary N) is 1. The summed E-state index contributed by atoms with van der Waals surface area (Å²) < 4.78 is 31.6. The van der Waals surface area contributed by atoms with E-state index in [-0.39, 0.29) is 10.9 Å². The minimum absolute atomic E-state index is 0.0577. The van der Waals surface area contributed by atoms with E-state index in [1.165, 1.54) is 29.9 Å². The van der Waals surface area contributed by atoms with Gasteiger partial charge in [0.25, 0.3) is 0 Å². The van der Waals surface area contributed by atoms with Crippen molar-refractivity contribution < 1.29 is 13.2 Å². The SMILES string of the molecule is CCN(C(C)COC)S(=O)(=O)c1cnccc1NN. The normalized spacial score (nSPS) is 13.5. The van der Waals surface area contributed by atoms with Crippen molar-refractivity contribution in [3.8, 4) is 0 Å². The number of likely N-dealkylation sites (N-methyl/N-ethyl adjacent to an activating group) is 1. The van der Waals surface area contributed by atoms with E-state index in [9.17, 15) is 8.42 Å². The fourth-order valence-electron chi connectivity index (χ4n) is 1.87. The summed E-state index contributed by atoms with van der Waals surface area (Å²) in [5.41, 5.74) is 2.69. The predicted molar refractivity (Wildman–Crippen MR) is 73.0 cm³/mol. The minimum atomic E-state index is -3.67. The molecule has 0 saturated heterocycles.